The molecule has 1 unspecified atom stereocenters. The predicted octanol–water partition coefficient (Wildman–Crippen LogP) is 2.64. The first-order valence-corrected chi connectivity index (χ1v) is 8.68. The van der Waals surface area contributed by atoms with E-state index in [1.807, 2.05) is 20.8 Å². The number of nitrogens with zero attached hydrogens (tertiary/aromatic N) is 1. The molecule has 0 saturated carbocycles. The smallest absolute Gasteiger partial charge is 0.334 e. The van der Waals surface area contributed by atoms with E-state index in [2.05, 4.69) is 5.32 Å². The molecule has 1 fully saturated rings. The molecular weight excluding hydrogens is 360 g/mol. The molecule has 1 saturated heterocycles. The molecule has 8 heteroatoms. The van der Waals surface area contributed by atoms with E-state index in [0.717, 1.165) is 0 Å². The van der Waals surface area contributed by atoms with E-state index in [-0.39, 0.29) is 41.6 Å². The van der Waals surface area contributed by atoms with Crippen molar-refractivity contribution in [2.45, 2.75) is 33.3 Å². The van der Waals surface area contributed by atoms with E-state index in [1.165, 1.54) is 17.0 Å². The van der Waals surface area contributed by atoms with Crippen molar-refractivity contribution >= 4 is 35.1 Å². The van der Waals surface area contributed by atoms with Crippen LogP contribution in [0.15, 0.2) is 18.2 Å². The summed E-state index contributed by atoms with van der Waals surface area (Å²) in [6.45, 7) is 6.25. The van der Waals surface area contributed by atoms with E-state index in [9.17, 15) is 14.4 Å². The van der Waals surface area contributed by atoms with Crippen LogP contribution >= 0.6 is 11.6 Å². The van der Waals surface area contributed by atoms with Crippen LogP contribution in [0.2, 0.25) is 5.02 Å². The summed E-state index contributed by atoms with van der Waals surface area (Å²) in [5, 5.41) is 12.1. The highest BCUT2D eigenvalue weighted by molar-refractivity contribution is 6.34. The maximum Gasteiger partial charge on any atom is 0.334 e. The fourth-order valence-corrected chi connectivity index (χ4v) is 2.81. The molecule has 2 rings (SSSR count). The van der Waals surface area contributed by atoms with Crippen molar-refractivity contribution in [2.75, 3.05) is 25.0 Å². The van der Waals surface area contributed by atoms with Crippen molar-refractivity contribution in [3.8, 4) is 0 Å². The average Bonchev–Trinajstić information content (AvgIpc) is 2.54. The normalized spacial score (nSPS) is 17.7. The first-order chi connectivity index (χ1) is 12.1. The van der Waals surface area contributed by atoms with Gasteiger partial charge in [-0.3, -0.25) is 9.59 Å². The van der Waals surface area contributed by atoms with Crippen molar-refractivity contribution < 1.29 is 24.2 Å². The third-order valence-electron chi connectivity index (χ3n) is 3.80. The molecule has 0 aromatic heterocycles. The molecule has 1 aliphatic rings. The fourth-order valence-electron chi connectivity index (χ4n) is 2.61. The largest absolute Gasteiger partial charge is 0.479 e. The lowest BCUT2D eigenvalue weighted by atomic mass is 9.92. The first kappa shape index (κ1) is 20.2. The van der Waals surface area contributed by atoms with E-state index in [1.54, 1.807) is 6.07 Å². The van der Waals surface area contributed by atoms with Crippen LogP contribution in [-0.2, 0) is 14.3 Å². The van der Waals surface area contributed by atoms with Gasteiger partial charge in [0.1, 0.15) is 0 Å². The Labute approximate surface area is 157 Å². The van der Waals surface area contributed by atoms with Gasteiger partial charge < -0.3 is 20.1 Å². The molecule has 0 radical (unpaired) electrons. The van der Waals surface area contributed by atoms with Crippen LogP contribution in [0.4, 0.5) is 5.69 Å². The lowest BCUT2D eigenvalue weighted by Gasteiger charge is -2.31. The monoisotopic (exact) mass is 382 g/mol. The summed E-state index contributed by atoms with van der Waals surface area (Å²) in [4.78, 5) is 37.3. The molecule has 7 nitrogen and oxygen atoms in total. The fraction of sp³-hybridized carbons (Fsp3) is 0.500. The van der Waals surface area contributed by atoms with Gasteiger partial charge >= 0.3 is 5.97 Å². The summed E-state index contributed by atoms with van der Waals surface area (Å²) < 4.78 is 5.13. The second kappa shape index (κ2) is 8.05. The van der Waals surface area contributed by atoms with Gasteiger partial charge in [-0.15, -0.1) is 0 Å². The van der Waals surface area contributed by atoms with Gasteiger partial charge in [0.05, 0.1) is 23.7 Å². The third-order valence-corrected chi connectivity index (χ3v) is 4.13. The highest BCUT2D eigenvalue weighted by Gasteiger charge is 2.30. The van der Waals surface area contributed by atoms with Crippen LogP contribution in [0.5, 0.6) is 0 Å². The number of carboxylic acid groups (broad SMARTS) is 1. The molecule has 0 spiro atoms. The molecule has 1 aliphatic heterocycles. The minimum atomic E-state index is -1.11. The highest BCUT2D eigenvalue weighted by Crippen LogP contribution is 2.25. The molecule has 1 heterocycles. The number of nitrogens with one attached hydrogen (secondary N) is 1. The first-order valence-electron chi connectivity index (χ1n) is 8.30. The van der Waals surface area contributed by atoms with Crippen LogP contribution in [-0.4, -0.2) is 53.6 Å². The van der Waals surface area contributed by atoms with Gasteiger partial charge in [0.2, 0.25) is 5.91 Å². The van der Waals surface area contributed by atoms with Gasteiger partial charge in [-0.05, 0) is 23.6 Å². The average molecular weight is 383 g/mol. The Kier molecular flexibility index (Phi) is 6.26. The second-order valence-corrected chi connectivity index (χ2v) is 7.84. The molecule has 1 aromatic carbocycles. The summed E-state index contributed by atoms with van der Waals surface area (Å²) in [6.07, 6.45) is -0.719. The number of carbonyl (C=O) groups excluding carboxylic acids is 2. The van der Waals surface area contributed by atoms with E-state index in [0.29, 0.717) is 12.1 Å². The Morgan fingerprint density at radius 3 is 2.65 bits per heavy atom. The maximum absolute atomic E-state index is 12.7. The molecule has 142 valence electrons. The summed E-state index contributed by atoms with van der Waals surface area (Å²) in [5.74, 6) is -1.66. The Hall–Kier alpha value is -2.12. The lowest BCUT2D eigenvalue weighted by Crippen LogP contribution is -2.48. The van der Waals surface area contributed by atoms with Crippen LogP contribution in [0.1, 0.15) is 37.6 Å². The number of hydrogen-bond acceptors (Lipinski definition) is 4. The summed E-state index contributed by atoms with van der Waals surface area (Å²) in [7, 11) is 0. The zero-order chi connectivity index (χ0) is 19.5. The van der Waals surface area contributed by atoms with Gasteiger partial charge in [-0.2, -0.15) is 0 Å². The van der Waals surface area contributed by atoms with Crippen molar-refractivity contribution in [1.82, 2.24) is 4.90 Å². The van der Waals surface area contributed by atoms with Crippen molar-refractivity contribution in [1.29, 1.82) is 0 Å². The summed E-state index contributed by atoms with van der Waals surface area (Å²) in [6, 6.07) is 4.67. The standard InChI is InChI=1S/C18H23ClN2O5/c1-18(2,3)9-15(22)20-11-4-5-13(19)12(8-11)16(23)21-6-7-26-14(10-21)17(24)25/h4-5,8,14H,6-7,9-10H2,1-3H3,(H,20,22)(H,24,25). The molecule has 0 bridgehead atoms. The molecule has 0 aliphatic carbocycles. The quantitative estimate of drug-likeness (QED) is 0.834. The Balaban J connectivity index is 2.14. The van der Waals surface area contributed by atoms with Crippen molar-refractivity contribution in [2.24, 2.45) is 5.41 Å². The zero-order valence-corrected chi connectivity index (χ0v) is 15.8. The number of carbonyl (C=O) groups is 3. The van der Waals surface area contributed by atoms with E-state index < -0.39 is 18.0 Å². The predicted molar refractivity (Wildman–Crippen MR) is 97.4 cm³/mol. The van der Waals surface area contributed by atoms with Gasteiger partial charge in [-0.25, -0.2) is 4.79 Å². The van der Waals surface area contributed by atoms with Crippen molar-refractivity contribution in [3.05, 3.63) is 28.8 Å². The number of rotatable bonds is 4. The van der Waals surface area contributed by atoms with E-state index >= 15 is 0 Å². The minimum absolute atomic E-state index is 0.0505. The molecule has 2 amide bonds. The van der Waals surface area contributed by atoms with Crippen LogP contribution in [0, 0.1) is 5.41 Å². The summed E-state index contributed by atoms with van der Waals surface area (Å²) in [5.41, 5.74) is 0.524. The topological polar surface area (TPSA) is 95.9 Å². The zero-order valence-electron chi connectivity index (χ0n) is 15.0. The molecular formula is C18H23ClN2O5. The number of amides is 2. The number of benzene rings is 1. The number of carboxylic acids is 1. The number of morpholine rings is 1. The van der Waals surface area contributed by atoms with Gasteiger partial charge in [0, 0.05) is 18.7 Å². The lowest BCUT2D eigenvalue weighted by molar-refractivity contribution is -0.154. The number of ether oxygens (including phenoxy) is 1. The number of hydrogen-bond donors (Lipinski definition) is 2. The number of anilines is 1. The molecule has 1 aromatic rings. The summed E-state index contributed by atoms with van der Waals surface area (Å²) >= 11 is 6.14. The van der Waals surface area contributed by atoms with E-state index in [4.69, 9.17) is 21.4 Å². The number of halogens is 1. The second-order valence-electron chi connectivity index (χ2n) is 7.43. The van der Waals surface area contributed by atoms with Crippen LogP contribution in [0.25, 0.3) is 0 Å². The van der Waals surface area contributed by atoms with Crippen molar-refractivity contribution in [3.63, 3.8) is 0 Å². The maximum atomic E-state index is 12.7. The van der Waals surface area contributed by atoms with Gasteiger partial charge in [-0.1, -0.05) is 32.4 Å². The Morgan fingerprint density at radius 1 is 1.35 bits per heavy atom. The molecule has 2 N–H and O–H groups in total. The Bertz CT molecular complexity index is 714. The number of aliphatic carboxylic acids is 1. The Morgan fingerprint density at radius 2 is 2.04 bits per heavy atom. The minimum Gasteiger partial charge on any atom is -0.479 e. The molecule has 26 heavy (non-hydrogen) atoms. The third kappa shape index (κ3) is 5.44. The van der Waals surface area contributed by atoms with Crippen LogP contribution in [0.3, 0.4) is 0 Å². The van der Waals surface area contributed by atoms with Crippen LogP contribution < -0.4 is 5.32 Å². The molecule has 1 atom stereocenters. The SMILES string of the molecule is CC(C)(C)CC(=O)Nc1ccc(Cl)c(C(=O)N2CCOC(C(=O)O)C2)c1. The van der Waals surface area contributed by atoms with Gasteiger partial charge in [0.25, 0.3) is 5.91 Å². The highest BCUT2D eigenvalue weighted by atomic mass is 35.5. The van der Waals surface area contributed by atoms with Gasteiger partial charge in [0.15, 0.2) is 6.10 Å².